The Morgan fingerprint density at radius 3 is 2.69 bits per heavy atom. The van der Waals surface area contributed by atoms with Crippen molar-refractivity contribution in [2.45, 2.75) is 32.4 Å². The summed E-state index contributed by atoms with van der Waals surface area (Å²) in [6.07, 6.45) is 4.31. The third kappa shape index (κ3) is 4.27. The number of hydrogen-bond donors (Lipinski definition) is 1. The van der Waals surface area contributed by atoms with E-state index in [1.807, 2.05) is 35.9 Å². The van der Waals surface area contributed by atoms with Gasteiger partial charge in [-0.25, -0.2) is 13.4 Å². The maximum Gasteiger partial charge on any atom is 0.251 e. The molecule has 3 heterocycles. The standard InChI is InChI=1S/C21H23N3O4S/c1-15-4-3-10-24-12-17(22-19(15)24)13-28-18-7-5-16(6-8-18)20(25)23-21(2)9-11-29(26,27)14-21/h3-8,10,12H,9,11,13-14H2,1-2H3,(H,23,25)/t21-/m0/s1. The third-order valence-corrected chi connectivity index (χ3v) is 7.05. The van der Waals surface area contributed by atoms with Gasteiger partial charge in [-0.3, -0.25) is 4.79 Å². The van der Waals surface area contributed by atoms with Crippen molar-refractivity contribution < 1.29 is 17.9 Å². The number of carbonyl (C=O) groups excluding carboxylic acids is 1. The van der Waals surface area contributed by atoms with Crippen molar-refractivity contribution in [3.63, 3.8) is 0 Å². The Morgan fingerprint density at radius 1 is 1.28 bits per heavy atom. The van der Waals surface area contributed by atoms with Crippen LogP contribution in [0.5, 0.6) is 5.75 Å². The molecule has 1 fully saturated rings. The highest BCUT2D eigenvalue weighted by atomic mass is 32.2. The van der Waals surface area contributed by atoms with Crippen LogP contribution in [0.15, 0.2) is 48.8 Å². The minimum absolute atomic E-state index is 0.0224. The summed E-state index contributed by atoms with van der Waals surface area (Å²) in [5.74, 6) is 0.432. The number of imidazole rings is 1. The number of rotatable bonds is 5. The minimum Gasteiger partial charge on any atom is -0.487 e. The second-order valence-corrected chi connectivity index (χ2v) is 10.0. The molecular formula is C21H23N3O4S. The highest BCUT2D eigenvalue weighted by Crippen LogP contribution is 2.23. The van der Waals surface area contributed by atoms with Crippen LogP contribution in [0.4, 0.5) is 0 Å². The molecule has 0 spiro atoms. The van der Waals surface area contributed by atoms with Crippen molar-refractivity contribution in [3.05, 3.63) is 65.6 Å². The number of sulfone groups is 1. The largest absolute Gasteiger partial charge is 0.487 e. The summed E-state index contributed by atoms with van der Waals surface area (Å²) in [5.41, 5.74) is 2.56. The Balaban J connectivity index is 1.38. The molecule has 29 heavy (non-hydrogen) atoms. The molecule has 152 valence electrons. The molecule has 3 aromatic rings. The number of amides is 1. The normalized spacial score (nSPS) is 20.6. The molecule has 0 bridgehead atoms. The van der Waals surface area contributed by atoms with Gasteiger partial charge in [-0.2, -0.15) is 0 Å². The smallest absolute Gasteiger partial charge is 0.251 e. The highest BCUT2D eigenvalue weighted by molar-refractivity contribution is 7.91. The summed E-state index contributed by atoms with van der Waals surface area (Å²) in [6.45, 7) is 4.10. The number of benzene rings is 1. The van der Waals surface area contributed by atoms with E-state index in [9.17, 15) is 13.2 Å². The molecule has 4 rings (SSSR count). The molecule has 0 unspecified atom stereocenters. The predicted molar refractivity (Wildman–Crippen MR) is 110 cm³/mol. The second kappa shape index (κ2) is 7.18. The number of pyridine rings is 1. The third-order valence-electron chi connectivity index (χ3n) is 5.15. The van der Waals surface area contributed by atoms with E-state index in [1.165, 1.54) is 0 Å². The topological polar surface area (TPSA) is 89.8 Å². The first kappa shape index (κ1) is 19.4. The molecular weight excluding hydrogens is 390 g/mol. The number of nitrogens with one attached hydrogen (secondary N) is 1. The fourth-order valence-electron chi connectivity index (χ4n) is 3.59. The predicted octanol–water partition coefficient (Wildman–Crippen LogP) is 2.53. The van der Waals surface area contributed by atoms with Crippen LogP contribution in [-0.2, 0) is 16.4 Å². The quantitative estimate of drug-likeness (QED) is 0.694. The first-order chi connectivity index (χ1) is 13.7. The van der Waals surface area contributed by atoms with E-state index >= 15 is 0 Å². The Morgan fingerprint density at radius 2 is 2.03 bits per heavy atom. The molecule has 1 amide bonds. The van der Waals surface area contributed by atoms with Crippen LogP contribution in [0, 0.1) is 6.92 Å². The van der Waals surface area contributed by atoms with E-state index in [4.69, 9.17) is 4.74 Å². The summed E-state index contributed by atoms with van der Waals surface area (Å²) < 4.78 is 31.2. The first-order valence-electron chi connectivity index (χ1n) is 9.42. The van der Waals surface area contributed by atoms with Crippen molar-refractivity contribution in [2.24, 2.45) is 0 Å². The summed E-state index contributed by atoms with van der Waals surface area (Å²) in [6, 6.07) is 10.8. The van der Waals surface area contributed by atoms with E-state index in [1.54, 1.807) is 31.2 Å². The van der Waals surface area contributed by atoms with E-state index in [0.717, 1.165) is 16.9 Å². The molecule has 0 saturated carbocycles. The van der Waals surface area contributed by atoms with E-state index in [-0.39, 0.29) is 17.4 Å². The van der Waals surface area contributed by atoms with Crippen molar-refractivity contribution in [3.8, 4) is 5.75 Å². The average Bonchev–Trinajstić information content (AvgIpc) is 3.21. The zero-order valence-corrected chi connectivity index (χ0v) is 17.2. The summed E-state index contributed by atoms with van der Waals surface area (Å²) in [5, 5.41) is 2.85. The number of hydrogen-bond acceptors (Lipinski definition) is 5. The number of nitrogens with zero attached hydrogens (tertiary/aromatic N) is 2. The second-order valence-electron chi connectivity index (χ2n) is 7.82. The van der Waals surface area contributed by atoms with E-state index < -0.39 is 15.4 Å². The van der Waals surface area contributed by atoms with Gasteiger partial charge in [0.1, 0.15) is 18.0 Å². The summed E-state index contributed by atoms with van der Waals surface area (Å²) in [4.78, 5) is 17.1. The van der Waals surface area contributed by atoms with Crippen LogP contribution in [0.3, 0.4) is 0 Å². The van der Waals surface area contributed by atoms with E-state index in [0.29, 0.717) is 24.3 Å². The molecule has 0 aliphatic carbocycles. The highest BCUT2D eigenvalue weighted by Gasteiger charge is 2.39. The Bertz CT molecular complexity index is 1170. The van der Waals surface area contributed by atoms with Crippen LogP contribution in [0.25, 0.3) is 5.65 Å². The minimum atomic E-state index is -3.08. The van der Waals surface area contributed by atoms with Gasteiger partial charge in [0.15, 0.2) is 9.84 Å². The maximum absolute atomic E-state index is 12.5. The van der Waals surface area contributed by atoms with Crippen LogP contribution >= 0.6 is 0 Å². The maximum atomic E-state index is 12.5. The number of ether oxygens (including phenoxy) is 1. The number of fused-ring (bicyclic) bond motifs is 1. The number of aryl methyl sites for hydroxylation is 1. The van der Waals surface area contributed by atoms with Gasteiger partial charge >= 0.3 is 0 Å². The lowest BCUT2D eigenvalue weighted by Gasteiger charge is -2.23. The summed E-state index contributed by atoms with van der Waals surface area (Å²) in [7, 11) is -3.08. The Kier molecular flexibility index (Phi) is 4.82. The number of carbonyl (C=O) groups is 1. The molecule has 1 atom stereocenters. The first-order valence-corrected chi connectivity index (χ1v) is 11.2. The molecule has 1 aliphatic rings. The zero-order valence-electron chi connectivity index (χ0n) is 16.4. The van der Waals surface area contributed by atoms with Gasteiger partial charge in [0.05, 0.1) is 22.7 Å². The van der Waals surface area contributed by atoms with Crippen molar-refractivity contribution >= 4 is 21.4 Å². The fourth-order valence-corrected chi connectivity index (χ4v) is 5.68. The SMILES string of the molecule is Cc1cccn2cc(COc3ccc(C(=O)N[C@@]4(C)CCS(=O)(=O)C4)cc3)nc12. The Hall–Kier alpha value is -2.87. The van der Waals surface area contributed by atoms with Gasteiger partial charge in [-0.1, -0.05) is 6.07 Å². The number of aromatic nitrogens is 2. The average molecular weight is 413 g/mol. The van der Waals surface area contributed by atoms with Crippen molar-refractivity contribution in [1.29, 1.82) is 0 Å². The lowest BCUT2D eigenvalue weighted by molar-refractivity contribution is 0.0915. The van der Waals surface area contributed by atoms with Crippen LogP contribution in [0.2, 0.25) is 0 Å². The molecule has 1 saturated heterocycles. The monoisotopic (exact) mass is 413 g/mol. The van der Waals surface area contributed by atoms with Crippen molar-refractivity contribution in [1.82, 2.24) is 14.7 Å². The molecule has 2 aromatic heterocycles. The van der Waals surface area contributed by atoms with Gasteiger partial charge in [0.2, 0.25) is 0 Å². The van der Waals surface area contributed by atoms with Crippen LogP contribution in [-0.4, -0.2) is 40.8 Å². The molecule has 1 N–H and O–H groups in total. The molecule has 0 radical (unpaired) electrons. The van der Waals surface area contributed by atoms with Crippen molar-refractivity contribution in [2.75, 3.05) is 11.5 Å². The van der Waals surface area contributed by atoms with Crippen LogP contribution < -0.4 is 10.1 Å². The molecule has 1 aromatic carbocycles. The zero-order chi connectivity index (χ0) is 20.6. The Labute approximate surface area is 169 Å². The van der Waals surface area contributed by atoms with Gasteiger partial charge in [0, 0.05) is 18.0 Å². The molecule has 8 heteroatoms. The van der Waals surface area contributed by atoms with Gasteiger partial charge in [-0.05, 0) is 56.2 Å². The van der Waals surface area contributed by atoms with Gasteiger partial charge in [-0.15, -0.1) is 0 Å². The van der Waals surface area contributed by atoms with Gasteiger partial charge < -0.3 is 14.5 Å². The van der Waals surface area contributed by atoms with Gasteiger partial charge in [0.25, 0.3) is 5.91 Å². The molecule has 1 aliphatic heterocycles. The van der Waals surface area contributed by atoms with Crippen LogP contribution in [0.1, 0.15) is 35.0 Å². The lowest BCUT2D eigenvalue weighted by atomic mass is 10.0. The summed E-state index contributed by atoms with van der Waals surface area (Å²) >= 11 is 0. The fraction of sp³-hybridized carbons (Fsp3) is 0.333. The van der Waals surface area contributed by atoms with E-state index in [2.05, 4.69) is 10.3 Å². The molecule has 7 nitrogen and oxygen atoms in total. The lowest BCUT2D eigenvalue weighted by Crippen LogP contribution is -2.46.